The zero-order valence-electron chi connectivity index (χ0n) is 11.4. The van der Waals surface area contributed by atoms with Gasteiger partial charge in [0, 0.05) is 17.6 Å². The van der Waals surface area contributed by atoms with E-state index in [1.165, 1.54) is 4.90 Å². The van der Waals surface area contributed by atoms with Crippen molar-refractivity contribution in [3.63, 3.8) is 0 Å². The first-order chi connectivity index (χ1) is 10.1. The van der Waals surface area contributed by atoms with E-state index >= 15 is 0 Å². The molecule has 21 heavy (non-hydrogen) atoms. The molecule has 0 aromatic heterocycles. The predicted octanol–water partition coefficient (Wildman–Crippen LogP) is 0.527. The predicted molar refractivity (Wildman–Crippen MR) is 80.7 cm³/mol. The van der Waals surface area contributed by atoms with E-state index in [1.54, 1.807) is 18.2 Å². The average molecular weight is 354 g/mol. The van der Waals surface area contributed by atoms with E-state index in [1.807, 2.05) is 6.07 Å². The van der Waals surface area contributed by atoms with Crippen LogP contribution in [0.5, 0.6) is 0 Å². The maximum absolute atomic E-state index is 12.0. The maximum atomic E-state index is 12.0. The van der Waals surface area contributed by atoms with Crippen molar-refractivity contribution in [3.05, 3.63) is 34.3 Å². The van der Waals surface area contributed by atoms with E-state index in [2.05, 4.69) is 26.6 Å². The van der Waals surface area contributed by atoms with E-state index < -0.39 is 0 Å². The van der Waals surface area contributed by atoms with Crippen LogP contribution in [0.1, 0.15) is 16.8 Å². The SMILES string of the molecule is O=C1CN(C(=O)CNC(=O)c2ccccc2Br)CCCN1. The van der Waals surface area contributed by atoms with Gasteiger partial charge >= 0.3 is 0 Å². The Kier molecular flexibility index (Phi) is 5.32. The van der Waals surface area contributed by atoms with Crippen molar-refractivity contribution in [3.8, 4) is 0 Å². The Balaban J connectivity index is 1.90. The van der Waals surface area contributed by atoms with Gasteiger partial charge in [-0.2, -0.15) is 0 Å². The Hall–Kier alpha value is -1.89. The van der Waals surface area contributed by atoms with Crippen LogP contribution in [0.15, 0.2) is 28.7 Å². The molecule has 1 aromatic rings. The summed E-state index contributed by atoms with van der Waals surface area (Å²) in [4.78, 5) is 36.9. The molecule has 0 atom stereocenters. The van der Waals surface area contributed by atoms with Gasteiger partial charge in [-0.05, 0) is 34.5 Å². The monoisotopic (exact) mass is 353 g/mol. The molecule has 0 unspecified atom stereocenters. The molecule has 0 aliphatic carbocycles. The summed E-state index contributed by atoms with van der Waals surface area (Å²) in [6, 6.07) is 6.99. The number of carbonyl (C=O) groups excluding carboxylic acids is 3. The minimum Gasteiger partial charge on any atom is -0.354 e. The van der Waals surface area contributed by atoms with Gasteiger partial charge in [-0.15, -0.1) is 0 Å². The summed E-state index contributed by atoms with van der Waals surface area (Å²) in [5.74, 6) is -0.750. The second-order valence-corrected chi connectivity index (χ2v) is 5.54. The molecule has 1 aliphatic rings. The Morgan fingerprint density at radius 1 is 1.33 bits per heavy atom. The summed E-state index contributed by atoms with van der Waals surface area (Å²) in [5, 5.41) is 5.28. The Morgan fingerprint density at radius 3 is 2.86 bits per heavy atom. The number of amides is 3. The number of nitrogens with zero attached hydrogens (tertiary/aromatic N) is 1. The third-order valence-electron chi connectivity index (χ3n) is 3.13. The zero-order chi connectivity index (χ0) is 15.2. The van der Waals surface area contributed by atoms with Gasteiger partial charge < -0.3 is 15.5 Å². The molecule has 2 N–H and O–H groups in total. The van der Waals surface area contributed by atoms with Crippen LogP contribution >= 0.6 is 15.9 Å². The van der Waals surface area contributed by atoms with Crippen molar-refractivity contribution in [2.45, 2.75) is 6.42 Å². The van der Waals surface area contributed by atoms with Crippen LogP contribution in [-0.4, -0.2) is 48.8 Å². The highest BCUT2D eigenvalue weighted by atomic mass is 79.9. The minimum absolute atomic E-state index is 0.0454. The van der Waals surface area contributed by atoms with Crippen LogP contribution in [0.4, 0.5) is 0 Å². The third-order valence-corrected chi connectivity index (χ3v) is 3.82. The summed E-state index contributed by atoms with van der Waals surface area (Å²) in [6.45, 7) is 1.02. The summed E-state index contributed by atoms with van der Waals surface area (Å²) in [6.07, 6.45) is 0.718. The van der Waals surface area contributed by atoms with Gasteiger partial charge in [-0.25, -0.2) is 0 Å². The molecule has 1 saturated heterocycles. The fourth-order valence-electron chi connectivity index (χ4n) is 2.03. The van der Waals surface area contributed by atoms with Crippen LogP contribution < -0.4 is 10.6 Å². The van der Waals surface area contributed by atoms with Gasteiger partial charge in [0.05, 0.1) is 18.7 Å². The van der Waals surface area contributed by atoms with E-state index in [4.69, 9.17) is 0 Å². The number of hydrogen-bond donors (Lipinski definition) is 2. The van der Waals surface area contributed by atoms with Crippen molar-refractivity contribution in [2.24, 2.45) is 0 Å². The van der Waals surface area contributed by atoms with Gasteiger partial charge in [-0.1, -0.05) is 12.1 Å². The van der Waals surface area contributed by atoms with Crippen LogP contribution in [0.25, 0.3) is 0 Å². The highest BCUT2D eigenvalue weighted by molar-refractivity contribution is 9.10. The van der Waals surface area contributed by atoms with Crippen LogP contribution in [0.2, 0.25) is 0 Å². The van der Waals surface area contributed by atoms with Gasteiger partial charge in [0.25, 0.3) is 5.91 Å². The second-order valence-electron chi connectivity index (χ2n) is 4.68. The number of halogens is 1. The van der Waals surface area contributed by atoms with Crippen LogP contribution in [0.3, 0.4) is 0 Å². The molecule has 0 radical (unpaired) electrons. The number of rotatable bonds is 3. The first-order valence-electron chi connectivity index (χ1n) is 6.65. The molecule has 2 rings (SSSR count). The Morgan fingerprint density at radius 2 is 2.10 bits per heavy atom. The highest BCUT2D eigenvalue weighted by Gasteiger charge is 2.20. The lowest BCUT2D eigenvalue weighted by atomic mass is 10.2. The summed E-state index contributed by atoms with van der Waals surface area (Å²) in [7, 11) is 0. The molecule has 112 valence electrons. The molecule has 6 nitrogen and oxygen atoms in total. The summed E-state index contributed by atoms with van der Waals surface area (Å²) in [5.41, 5.74) is 0.471. The van der Waals surface area contributed by atoms with E-state index in [0.29, 0.717) is 23.1 Å². The van der Waals surface area contributed by atoms with Crippen LogP contribution in [0, 0.1) is 0 Å². The molecule has 1 heterocycles. The number of carbonyl (C=O) groups is 3. The lowest BCUT2D eigenvalue weighted by Gasteiger charge is -2.19. The molecule has 0 saturated carbocycles. The molecule has 1 fully saturated rings. The Bertz CT molecular complexity index is 562. The molecular weight excluding hydrogens is 338 g/mol. The number of nitrogens with one attached hydrogen (secondary N) is 2. The number of hydrogen-bond acceptors (Lipinski definition) is 3. The topological polar surface area (TPSA) is 78.5 Å². The van der Waals surface area contributed by atoms with E-state index in [-0.39, 0.29) is 30.8 Å². The minimum atomic E-state index is -0.324. The third kappa shape index (κ3) is 4.29. The van der Waals surface area contributed by atoms with Gasteiger partial charge in [0.2, 0.25) is 11.8 Å². The summed E-state index contributed by atoms with van der Waals surface area (Å²) >= 11 is 3.29. The van der Waals surface area contributed by atoms with Crippen molar-refractivity contribution >= 4 is 33.7 Å². The molecule has 3 amide bonds. The quantitative estimate of drug-likeness (QED) is 0.831. The maximum Gasteiger partial charge on any atom is 0.252 e. The number of benzene rings is 1. The van der Waals surface area contributed by atoms with Crippen molar-refractivity contribution < 1.29 is 14.4 Å². The zero-order valence-corrected chi connectivity index (χ0v) is 13.0. The lowest BCUT2D eigenvalue weighted by molar-refractivity contribution is -0.134. The highest BCUT2D eigenvalue weighted by Crippen LogP contribution is 2.15. The van der Waals surface area contributed by atoms with Gasteiger partial charge in [0.1, 0.15) is 0 Å². The normalized spacial score (nSPS) is 15.1. The second kappa shape index (κ2) is 7.21. The lowest BCUT2D eigenvalue weighted by Crippen LogP contribution is -2.43. The van der Waals surface area contributed by atoms with Crippen molar-refractivity contribution in [2.75, 3.05) is 26.2 Å². The molecule has 7 heteroatoms. The first kappa shape index (κ1) is 15.5. The largest absolute Gasteiger partial charge is 0.354 e. The molecule has 1 aromatic carbocycles. The molecule has 1 aliphatic heterocycles. The van der Waals surface area contributed by atoms with Crippen molar-refractivity contribution in [1.82, 2.24) is 15.5 Å². The van der Waals surface area contributed by atoms with Gasteiger partial charge in [0.15, 0.2) is 0 Å². The van der Waals surface area contributed by atoms with E-state index in [9.17, 15) is 14.4 Å². The fourth-order valence-corrected chi connectivity index (χ4v) is 2.49. The van der Waals surface area contributed by atoms with E-state index in [0.717, 1.165) is 6.42 Å². The molecule has 0 bridgehead atoms. The fraction of sp³-hybridized carbons (Fsp3) is 0.357. The smallest absolute Gasteiger partial charge is 0.252 e. The summed E-state index contributed by atoms with van der Waals surface area (Å²) < 4.78 is 0.670. The van der Waals surface area contributed by atoms with Crippen LogP contribution in [-0.2, 0) is 9.59 Å². The van der Waals surface area contributed by atoms with Gasteiger partial charge in [-0.3, -0.25) is 14.4 Å². The standard InChI is InChI=1S/C14H16BrN3O3/c15-11-5-2-1-4-10(11)14(21)17-8-13(20)18-7-3-6-16-12(19)9-18/h1-2,4-5H,3,6-9H2,(H,16,19)(H,17,21). The molecule has 0 spiro atoms. The first-order valence-corrected chi connectivity index (χ1v) is 7.44. The molecular formula is C14H16BrN3O3. The van der Waals surface area contributed by atoms with Crippen molar-refractivity contribution in [1.29, 1.82) is 0 Å². The Labute approximate surface area is 131 Å². The average Bonchev–Trinajstić information content (AvgIpc) is 2.69.